The van der Waals surface area contributed by atoms with Crippen LogP contribution in [0.15, 0.2) is 65.5 Å². The van der Waals surface area contributed by atoms with Crippen LogP contribution in [0.4, 0.5) is 0 Å². The van der Waals surface area contributed by atoms with Crippen LogP contribution in [-0.2, 0) is 6.61 Å². The summed E-state index contributed by atoms with van der Waals surface area (Å²) >= 11 is 0. The Kier molecular flexibility index (Phi) is 3.13. The molecule has 1 aromatic heterocycles. The largest absolute Gasteiger partial charge is 0.507 e. The number of benzene rings is 2. The first-order chi connectivity index (χ1) is 9.75. The number of pyridine rings is 1. The van der Waals surface area contributed by atoms with Crippen LogP contribution in [0.1, 0.15) is 5.56 Å². The highest BCUT2D eigenvalue weighted by Crippen LogP contribution is 2.21. The molecule has 4 heteroatoms. The summed E-state index contributed by atoms with van der Waals surface area (Å²) < 4.78 is 1.21. The third kappa shape index (κ3) is 2.23. The minimum absolute atomic E-state index is 0.0369. The van der Waals surface area contributed by atoms with Crippen molar-refractivity contribution in [2.24, 2.45) is 0 Å². The lowest BCUT2D eigenvalue weighted by molar-refractivity contribution is 0.0990. The van der Waals surface area contributed by atoms with Crippen LogP contribution >= 0.6 is 0 Å². The van der Waals surface area contributed by atoms with Crippen molar-refractivity contribution in [3.63, 3.8) is 0 Å². The van der Waals surface area contributed by atoms with E-state index in [0.29, 0.717) is 10.9 Å². The van der Waals surface area contributed by atoms with Crippen LogP contribution in [0, 0.1) is 0 Å². The molecule has 1 N–H and O–H groups in total. The zero-order chi connectivity index (χ0) is 13.9. The lowest BCUT2D eigenvalue weighted by Crippen LogP contribution is -2.26. The molecule has 0 radical (unpaired) electrons. The van der Waals surface area contributed by atoms with Crippen LogP contribution in [0.25, 0.3) is 10.9 Å². The first kappa shape index (κ1) is 12.3. The Balaban J connectivity index is 2.01. The van der Waals surface area contributed by atoms with Gasteiger partial charge in [0.1, 0.15) is 12.4 Å². The molecule has 2 aromatic carbocycles. The molecular formula is C16H13NO3. The van der Waals surface area contributed by atoms with Crippen molar-refractivity contribution >= 4 is 10.9 Å². The van der Waals surface area contributed by atoms with E-state index < -0.39 is 5.56 Å². The van der Waals surface area contributed by atoms with Crippen molar-refractivity contribution in [1.29, 1.82) is 0 Å². The van der Waals surface area contributed by atoms with Gasteiger partial charge in [-0.25, -0.2) is 0 Å². The summed E-state index contributed by atoms with van der Waals surface area (Å²) in [6.07, 6.45) is 0. The normalized spacial score (nSPS) is 10.6. The number of nitrogens with zero attached hydrogens (tertiary/aromatic N) is 1. The van der Waals surface area contributed by atoms with Gasteiger partial charge in [-0.2, -0.15) is 0 Å². The molecule has 0 saturated carbocycles. The molecule has 0 fully saturated rings. The molecule has 1 heterocycles. The van der Waals surface area contributed by atoms with E-state index in [1.165, 1.54) is 4.73 Å². The van der Waals surface area contributed by atoms with E-state index in [2.05, 4.69) is 0 Å². The molecule has 0 saturated heterocycles. The summed E-state index contributed by atoms with van der Waals surface area (Å²) in [7, 11) is 0. The van der Waals surface area contributed by atoms with E-state index in [9.17, 15) is 9.90 Å². The molecule has 0 unspecified atom stereocenters. The van der Waals surface area contributed by atoms with Gasteiger partial charge in [0.25, 0.3) is 5.56 Å². The molecule has 100 valence electrons. The highest BCUT2D eigenvalue weighted by atomic mass is 16.7. The third-order valence-electron chi connectivity index (χ3n) is 3.06. The van der Waals surface area contributed by atoms with Crippen LogP contribution in [0.3, 0.4) is 0 Å². The maximum Gasteiger partial charge on any atom is 0.287 e. The number of aromatic hydroxyl groups is 1. The first-order valence-corrected chi connectivity index (χ1v) is 6.27. The third-order valence-corrected chi connectivity index (χ3v) is 3.06. The minimum Gasteiger partial charge on any atom is -0.507 e. The van der Waals surface area contributed by atoms with Crippen LogP contribution in [0.5, 0.6) is 5.75 Å². The van der Waals surface area contributed by atoms with Gasteiger partial charge < -0.3 is 9.94 Å². The summed E-state index contributed by atoms with van der Waals surface area (Å²) in [5, 5.41) is 10.4. The lowest BCUT2D eigenvalue weighted by Gasteiger charge is -2.12. The van der Waals surface area contributed by atoms with E-state index in [4.69, 9.17) is 4.84 Å². The zero-order valence-electron chi connectivity index (χ0n) is 10.7. The second-order valence-corrected chi connectivity index (χ2v) is 4.44. The molecule has 0 spiro atoms. The maximum absolute atomic E-state index is 12.0. The van der Waals surface area contributed by atoms with Crippen molar-refractivity contribution in [3.05, 3.63) is 76.6 Å². The fraction of sp³-hybridized carbons (Fsp3) is 0.0625. The number of hydrogen-bond acceptors (Lipinski definition) is 3. The molecule has 0 aliphatic carbocycles. The fourth-order valence-electron chi connectivity index (χ4n) is 2.09. The van der Waals surface area contributed by atoms with Gasteiger partial charge in [0.05, 0.1) is 5.52 Å². The van der Waals surface area contributed by atoms with Gasteiger partial charge >= 0.3 is 0 Å². The molecule has 0 aliphatic heterocycles. The smallest absolute Gasteiger partial charge is 0.287 e. The van der Waals surface area contributed by atoms with Crippen molar-refractivity contribution in [3.8, 4) is 5.75 Å². The fourth-order valence-corrected chi connectivity index (χ4v) is 2.09. The second-order valence-electron chi connectivity index (χ2n) is 4.44. The number of rotatable bonds is 3. The van der Waals surface area contributed by atoms with E-state index in [1.54, 1.807) is 24.3 Å². The van der Waals surface area contributed by atoms with Gasteiger partial charge in [-0.1, -0.05) is 42.5 Å². The van der Waals surface area contributed by atoms with Crippen molar-refractivity contribution in [1.82, 2.24) is 4.73 Å². The van der Waals surface area contributed by atoms with Crippen LogP contribution in [0.2, 0.25) is 0 Å². The molecule has 0 amide bonds. The van der Waals surface area contributed by atoms with Crippen molar-refractivity contribution in [2.75, 3.05) is 0 Å². The predicted octanol–water partition coefficient (Wildman–Crippen LogP) is 2.34. The Hall–Kier alpha value is -2.75. The highest BCUT2D eigenvalue weighted by molar-refractivity contribution is 5.84. The Morgan fingerprint density at radius 2 is 1.70 bits per heavy atom. The molecule has 3 rings (SSSR count). The van der Waals surface area contributed by atoms with Gasteiger partial charge in [-0.05, 0) is 17.7 Å². The molecular weight excluding hydrogens is 254 g/mol. The Bertz CT molecular complexity index is 794. The van der Waals surface area contributed by atoms with E-state index >= 15 is 0 Å². The van der Waals surface area contributed by atoms with Crippen LogP contribution < -0.4 is 10.4 Å². The number of fused-ring (bicyclic) bond motifs is 1. The summed E-state index contributed by atoms with van der Waals surface area (Å²) in [5.74, 6) is -0.0369. The van der Waals surface area contributed by atoms with Crippen molar-refractivity contribution in [2.45, 2.75) is 6.61 Å². The van der Waals surface area contributed by atoms with Gasteiger partial charge in [0.15, 0.2) is 0 Å². The standard InChI is InChI=1S/C16H13NO3/c18-15-10-16(19)17(14-9-5-4-8-13(14)15)20-11-12-6-2-1-3-7-12/h1-10,18H,11H2. The van der Waals surface area contributed by atoms with Gasteiger partial charge in [-0.3, -0.25) is 4.79 Å². The molecule has 0 atom stereocenters. The van der Waals surface area contributed by atoms with Crippen molar-refractivity contribution < 1.29 is 9.94 Å². The summed E-state index contributed by atoms with van der Waals surface area (Å²) in [6, 6.07) is 17.8. The monoisotopic (exact) mass is 267 g/mol. The second kappa shape index (κ2) is 5.09. The van der Waals surface area contributed by atoms with Crippen LogP contribution in [-0.4, -0.2) is 9.84 Å². The molecule has 4 nitrogen and oxygen atoms in total. The van der Waals surface area contributed by atoms with E-state index in [0.717, 1.165) is 11.6 Å². The summed E-state index contributed by atoms with van der Waals surface area (Å²) in [5.41, 5.74) is 1.13. The Morgan fingerprint density at radius 1 is 1.00 bits per heavy atom. The highest BCUT2D eigenvalue weighted by Gasteiger charge is 2.08. The first-order valence-electron chi connectivity index (χ1n) is 6.27. The SMILES string of the molecule is O=c1cc(O)c2ccccc2n1OCc1ccccc1. The van der Waals surface area contributed by atoms with Gasteiger partial charge in [0.2, 0.25) is 0 Å². The number of hydrogen-bond donors (Lipinski definition) is 1. The molecule has 3 aromatic rings. The maximum atomic E-state index is 12.0. The minimum atomic E-state index is -0.392. The summed E-state index contributed by atoms with van der Waals surface area (Å²) in [6.45, 7) is 0.287. The van der Waals surface area contributed by atoms with E-state index in [-0.39, 0.29) is 12.4 Å². The molecule has 0 bridgehead atoms. The quantitative estimate of drug-likeness (QED) is 0.792. The average molecular weight is 267 g/mol. The Morgan fingerprint density at radius 3 is 2.50 bits per heavy atom. The van der Waals surface area contributed by atoms with Gasteiger partial charge in [0, 0.05) is 11.5 Å². The number of aromatic nitrogens is 1. The van der Waals surface area contributed by atoms with E-state index in [1.807, 2.05) is 30.3 Å². The topological polar surface area (TPSA) is 51.5 Å². The zero-order valence-corrected chi connectivity index (χ0v) is 10.7. The Labute approximate surface area is 115 Å². The van der Waals surface area contributed by atoms with Gasteiger partial charge in [-0.15, -0.1) is 4.73 Å². The average Bonchev–Trinajstić information content (AvgIpc) is 2.48. The molecule has 0 aliphatic rings. The molecule has 20 heavy (non-hydrogen) atoms. The number of para-hydroxylation sites is 1. The summed E-state index contributed by atoms with van der Waals surface area (Å²) in [4.78, 5) is 17.5. The lowest BCUT2D eigenvalue weighted by atomic mass is 10.2. The predicted molar refractivity (Wildman–Crippen MR) is 76.6 cm³/mol.